The number of sulfonamides is 1. The second-order valence-electron chi connectivity index (χ2n) is 6.86. The first-order valence-electron chi connectivity index (χ1n) is 9.16. The number of nitrogens with zero attached hydrogens (tertiary/aromatic N) is 2. The molecule has 1 aliphatic heterocycles. The average Bonchev–Trinajstić information content (AvgIpc) is 2.69. The van der Waals surface area contributed by atoms with Gasteiger partial charge in [-0.05, 0) is 55.8 Å². The van der Waals surface area contributed by atoms with Crippen molar-refractivity contribution in [1.29, 1.82) is 0 Å². The number of benzene rings is 2. The van der Waals surface area contributed by atoms with Gasteiger partial charge in [0, 0.05) is 31.2 Å². The molecule has 1 heterocycles. The number of carbonyl (C=O) groups excluding carboxylic acids is 1. The second kappa shape index (κ2) is 8.69. The van der Waals surface area contributed by atoms with Crippen molar-refractivity contribution in [3.63, 3.8) is 0 Å². The van der Waals surface area contributed by atoms with Crippen molar-refractivity contribution in [3.05, 3.63) is 58.9 Å². The number of halogens is 2. The molecule has 0 aliphatic carbocycles. The molecule has 1 atom stereocenters. The Bertz CT molecular complexity index is 1010. The van der Waals surface area contributed by atoms with Crippen LogP contribution < -0.4 is 4.74 Å². The van der Waals surface area contributed by atoms with E-state index in [-0.39, 0.29) is 37.0 Å². The van der Waals surface area contributed by atoms with E-state index in [1.54, 1.807) is 30.0 Å². The lowest BCUT2D eigenvalue weighted by molar-refractivity contribution is -0.139. The highest BCUT2D eigenvalue weighted by atomic mass is 35.5. The van der Waals surface area contributed by atoms with Crippen molar-refractivity contribution in [3.8, 4) is 5.75 Å². The van der Waals surface area contributed by atoms with E-state index in [1.165, 1.54) is 22.5 Å². The van der Waals surface area contributed by atoms with Gasteiger partial charge in [-0.2, -0.15) is 4.31 Å². The van der Waals surface area contributed by atoms with Gasteiger partial charge in [-0.1, -0.05) is 17.7 Å². The van der Waals surface area contributed by atoms with Crippen LogP contribution in [0.5, 0.6) is 5.75 Å². The molecule has 1 unspecified atom stereocenters. The number of hydrogen-bond donors (Lipinski definition) is 0. The maximum Gasteiger partial charge on any atom is 0.263 e. The lowest BCUT2D eigenvalue weighted by atomic mass is 10.2. The summed E-state index contributed by atoms with van der Waals surface area (Å²) in [5.41, 5.74) is 0.822. The van der Waals surface area contributed by atoms with Gasteiger partial charge in [0.25, 0.3) is 5.91 Å². The highest BCUT2D eigenvalue weighted by molar-refractivity contribution is 7.89. The van der Waals surface area contributed by atoms with E-state index >= 15 is 0 Å². The largest absolute Gasteiger partial charge is 0.481 e. The second-order valence-corrected chi connectivity index (χ2v) is 9.23. The van der Waals surface area contributed by atoms with Gasteiger partial charge in [-0.25, -0.2) is 12.8 Å². The Kier molecular flexibility index (Phi) is 6.45. The number of amides is 1. The molecule has 2 aromatic rings. The summed E-state index contributed by atoms with van der Waals surface area (Å²) in [7, 11) is -3.80. The molecule has 156 valence electrons. The zero-order chi connectivity index (χ0) is 21.2. The molecular weight excluding hydrogens is 419 g/mol. The van der Waals surface area contributed by atoms with Crippen molar-refractivity contribution >= 4 is 27.5 Å². The van der Waals surface area contributed by atoms with Gasteiger partial charge in [0.05, 0.1) is 4.90 Å². The quantitative estimate of drug-likeness (QED) is 0.716. The number of hydrogen-bond acceptors (Lipinski definition) is 4. The van der Waals surface area contributed by atoms with Crippen LogP contribution in [0.4, 0.5) is 4.39 Å². The number of rotatable bonds is 5. The van der Waals surface area contributed by atoms with Gasteiger partial charge < -0.3 is 9.64 Å². The third kappa shape index (κ3) is 4.88. The first-order chi connectivity index (χ1) is 13.7. The van der Waals surface area contributed by atoms with Crippen molar-refractivity contribution < 1.29 is 22.3 Å². The molecule has 9 heteroatoms. The van der Waals surface area contributed by atoms with Crippen LogP contribution in [-0.2, 0) is 14.8 Å². The molecule has 2 aromatic carbocycles. The first kappa shape index (κ1) is 21.5. The average molecular weight is 441 g/mol. The lowest BCUT2D eigenvalue weighted by Crippen LogP contribution is -2.53. The topological polar surface area (TPSA) is 66.9 Å². The van der Waals surface area contributed by atoms with E-state index in [2.05, 4.69) is 0 Å². The number of aryl methyl sites for hydroxylation is 1. The normalized spacial score (nSPS) is 16.5. The highest BCUT2D eigenvalue weighted by Crippen LogP contribution is 2.24. The number of ether oxygens (including phenoxy) is 1. The minimum absolute atomic E-state index is 0.0906. The van der Waals surface area contributed by atoms with Crippen LogP contribution in [0.25, 0.3) is 0 Å². The Morgan fingerprint density at radius 2 is 1.83 bits per heavy atom. The predicted octanol–water partition coefficient (Wildman–Crippen LogP) is 3.09. The maximum atomic E-state index is 13.4. The van der Waals surface area contributed by atoms with E-state index in [9.17, 15) is 17.6 Å². The standard InChI is InChI=1S/C20H22ClFN2O4S/c1-14-12-16(21)6-7-19(14)28-15(2)20(25)23-8-10-24(11-9-23)29(26,27)18-5-3-4-17(22)13-18/h3-7,12-13,15H,8-11H2,1-2H3. The summed E-state index contributed by atoms with van der Waals surface area (Å²) in [4.78, 5) is 14.2. The Morgan fingerprint density at radius 1 is 1.14 bits per heavy atom. The number of piperazine rings is 1. The molecule has 3 rings (SSSR count). The van der Waals surface area contributed by atoms with Gasteiger partial charge in [0.1, 0.15) is 11.6 Å². The van der Waals surface area contributed by atoms with Crippen LogP contribution in [-0.4, -0.2) is 55.8 Å². The fourth-order valence-corrected chi connectivity index (χ4v) is 4.85. The van der Waals surface area contributed by atoms with Gasteiger partial charge in [0.15, 0.2) is 6.10 Å². The molecule has 0 bridgehead atoms. The summed E-state index contributed by atoms with van der Waals surface area (Å²) < 4.78 is 45.8. The number of carbonyl (C=O) groups is 1. The van der Waals surface area contributed by atoms with Crippen LogP contribution in [0.2, 0.25) is 5.02 Å². The van der Waals surface area contributed by atoms with E-state index in [0.29, 0.717) is 10.8 Å². The van der Waals surface area contributed by atoms with Gasteiger partial charge in [-0.3, -0.25) is 4.79 Å². The molecule has 1 aliphatic rings. The minimum atomic E-state index is -3.80. The molecule has 1 amide bonds. The van der Waals surface area contributed by atoms with Crippen molar-refractivity contribution in [1.82, 2.24) is 9.21 Å². The molecule has 1 fully saturated rings. The molecule has 0 spiro atoms. The molecule has 0 saturated carbocycles. The molecule has 6 nitrogen and oxygen atoms in total. The van der Waals surface area contributed by atoms with Crippen molar-refractivity contribution in [2.24, 2.45) is 0 Å². The summed E-state index contributed by atoms with van der Waals surface area (Å²) in [6.45, 7) is 4.25. The van der Waals surface area contributed by atoms with Crippen LogP contribution in [0, 0.1) is 12.7 Å². The van der Waals surface area contributed by atoms with Gasteiger partial charge in [-0.15, -0.1) is 0 Å². The smallest absolute Gasteiger partial charge is 0.263 e. The van der Waals surface area contributed by atoms with E-state index in [4.69, 9.17) is 16.3 Å². The Balaban J connectivity index is 1.61. The predicted molar refractivity (Wildman–Crippen MR) is 108 cm³/mol. The van der Waals surface area contributed by atoms with Gasteiger partial charge in [0.2, 0.25) is 10.0 Å². The van der Waals surface area contributed by atoms with E-state index in [1.807, 2.05) is 6.92 Å². The van der Waals surface area contributed by atoms with E-state index in [0.717, 1.165) is 11.6 Å². The van der Waals surface area contributed by atoms with Crippen molar-refractivity contribution in [2.75, 3.05) is 26.2 Å². The summed E-state index contributed by atoms with van der Waals surface area (Å²) in [5.74, 6) is -0.256. The lowest BCUT2D eigenvalue weighted by Gasteiger charge is -2.35. The Morgan fingerprint density at radius 3 is 2.45 bits per heavy atom. The highest BCUT2D eigenvalue weighted by Gasteiger charge is 2.32. The third-order valence-corrected chi connectivity index (χ3v) is 6.90. The Labute approximate surface area is 174 Å². The fourth-order valence-electron chi connectivity index (χ4n) is 3.17. The van der Waals surface area contributed by atoms with Crippen LogP contribution in [0.15, 0.2) is 47.4 Å². The van der Waals surface area contributed by atoms with Crippen molar-refractivity contribution in [2.45, 2.75) is 24.8 Å². The summed E-state index contributed by atoms with van der Waals surface area (Å²) in [6, 6.07) is 10.1. The zero-order valence-electron chi connectivity index (χ0n) is 16.1. The molecule has 0 radical (unpaired) electrons. The SMILES string of the molecule is Cc1cc(Cl)ccc1OC(C)C(=O)N1CCN(S(=O)(=O)c2cccc(F)c2)CC1. The monoisotopic (exact) mass is 440 g/mol. The molecule has 0 aromatic heterocycles. The third-order valence-electron chi connectivity index (χ3n) is 4.77. The summed E-state index contributed by atoms with van der Waals surface area (Å²) >= 11 is 5.94. The van der Waals surface area contributed by atoms with Crippen LogP contribution >= 0.6 is 11.6 Å². The maximum absolute atomic E-state index is 13.4. The fraction of sp³-hybridized carbons (Fsp3) is 0.350. The molecule has 29 heavy (non-hydrogen) atoms. The summed E-state index contributed by atoms with van der Waals surface area (Å²) in [5, 5.41) is 0.587. The zero-order valence-corrected chi connectivity index (χ0v) is 17.7. The molecule has 0 N–H and O–H groups in total. The van der Waals surface area contributed by atoms with Crippen LogP contribution in [0.3, 0.4) is 0 Å². The van der Waals surface area contributed by atoms with Gasteiger partial charge >= 0.3 is 0 Å². The Hall–Kier alpha value is -2.16. The van der Waals surface area contributed by atoms with Crippen LogP contribution in [0.1, 0.15) is 12.5 Å². The molecule has 1 saturated heterocycles. The summed E-state index contributed by atoms with van der Waals surface area (Å²) in [6.07, 6.45) is -0.721. The minimum Gasteiger partial charge on any atom is -0.481 e. The van der Waals surface area contributed by atoms with E-state index < -0.39 is 21.9 Å². The molecular formula is C20H22ClFN2O4S. The first-order valence-corrected chi connectivity index (χ1v) is 11.0.